The Balaban J connectivity index is 1.31. The summed E-state index contributed by atoms with van der Waals surface area (Å²) in [5.74, 6) is 0.814. The Kier molecular flexibility index (Phi) is 8.22. The lowest BCUT2D eigenvalue weighted by Crippen LogP contribution is -2.44. The minimum atomic E-state index is -4.71. The zero-order valence-electron chi connectivity index (χ0n) is 27.8. The molecule has 0 unspecified atom stereocenters. The molecular formula is C40H31ClF3N7O. The van der Waals surface area contributed by atoms with Crippen LogP contribution in [-0.2, 0) is 18.3 Å². The summed E-state index contributed by atoms with van der Waals surface area (Å²) >= 11 is 6.95. The largest absolute Gasteiger partial charge is 0.463 e. The van der Waals surface area contributed by atoms with Crippen LogP contribution in [-0.4, -0.2) is 26.1 Å². The van der Waals surface area contributed by atoms with E-state index in [2.05, 4.69) is 61.2 Å². The Morgan fingerprint density at radius 3 is 2.12 bits per heavy atom. The van der Waals surface area contributed by atoms with Crippen molar-refractivity contribution in [1.29, 1.82) is 0 Å². The molecule has 0 saturated heterocycles. The molecule has 0 atom stereocenters. The molecule has 3 N–H and O–H groups in total. The van der Waals surface area contributed by atoms with Gasteiger partial charge in [0.2, 0.25) is 0 Å². The van der Waals surface area contributed by atoms with Crippen molar-refractivity contribution in [2.24, 2.45) is 4.99 Å². The van der Waals surface area contributed by atoms with Gasteiger partial charge in [-0.05, 0) is 41.3 Å². The van der Waals surface area contributed by atoms with Crippen LogP contribution < -0.4 is 26.4 Å². The molecule has 2 aliphatic rings. The molecule has 4 heterocycles. The van der Waals surface area contributed by atoms with Crippen molar-refractivity contribution in [1.82, 2.24) is 24.8 Å². The number of rotatable bonds is 7. The highest BCUT2D eigenvalue weighted by Crippen LogP contribution is 2.43. The first-order chi connectivity index (χ1) is 25.2. The van der Waals surface area contributed by atoms with E-state index in [-0.39, 0.29) is 45.4 Å². The van der Waals surface area contributed by atoms with E-state index in [9.17, 15) is 13.2 Å². The number of benzene rings is 4. The van der Waals surface area contributed by atoms with Gasteiger partial charge in [0.1, 0.15) is 35.9 Å². The number of imidazole rings is 1. The summed E-state index contributed by atoms with van der Waals surface area (Å²) in [6.45, 7) is 1.78. The predicted molar refractivity (Wildman–Crippen MR) is 193 cm³/mol. The highest BCUT2D eigenvalue weighted by molar-refractivity contribution is 6.33. The van der Waals surface area contributed by atoms with Crippen LogP contribution in [0, 0.1) is 6.92 Å². The van der Waals surface area contributed by atoms with Gasteiger partial charge in [-0.3, -0.25) is 4.99 Å². The molecule has 4 aromatic carbocycles. The molecule has 0 aliphatic carbocycles. The first-order valence-electron chi connectivity index (χ1n) is 16.5. The lowest BCUT2D eigenvalue weighted by atomic mass is 9.76. The third-order valence-electron chi connectivity index (χ3n) is 9.41. The fourth-order valence-corrected chi connectivity index (χ4v) is 7.59. The smallest absolute Gasteiger partial charge is 0.418 e. The van der Waals surface area contributed by atoms with Gasteiger partial charge in [0.25, 0.3) is 0 Å². The van der Waals surface area contributed by atoms with E-state index in [1.54, 1.807) is 6.20 Å². The molecule has 0 fully saturated rings. The maximum atomic E-state index is 14.4. The highest BCUT2D eigenvalue weighted by atomic mass is 35.5. The zero-order valence-corrected chi connectivity index (χ0v) is 28.5. The van der Waals surface area contributed by atoms with E-state index in [1.165, 1.54) is 25.3 Å². The van der Waals surface area contributed by atoms with Crippen LogP contribution in [0.2, 0.25) is 5.02 Å². The second-order valence-electron chi connectivity index (χ2n) is 12.5. The number of aryl methyl sites for hydroxylation is 1. The van der Waals surface area contributed by atoms with Crippen LogP contribution in [0.5, 0.6) is 5.75 Å². The van der Waals surface area contributed by atoms with Crippen LogP contribution >= 0.6 is 11.6 Å². The summed E-state index contributed by atoms with van der Waals surface area (Å²) in [4.78, 5) is 15.4. The quantitative estimate of drug-likeness (QED) is 0.174. The van der Waals surface area contributed by atoms with Gasteiger partial charge in [-0.25, -0.2) is 9.97 Å². The first-order valence-corrected chi connectivity index (χ1v) is 16.8. The number of nitrogen functional groups attached to an aromatic ring is 1. The van der Waals surface area contributed by atoms with Gasteiger partial charge in [-0.1, -0.05) is 103 Å². The number of hydrogen-bond acceptors (Lipinski definition) is 7. The van der Waals surface area contributed by atoms with Crippen LogP contribution in [0.25, 0.3) is 17.1 Å². The SMILES string of the molecule is Cc1cc(N)nc(-c2cc3c4c(c2Cl)=NCNC=4N(Cc2cncn2C(c2ccccc2)(c2ccccc2)c2ccccc2)C=CO3)c1C(F)(F)F. The molecule has 260 valence electrons. The highest BCUT2D eigenvalue weighted by Gasteiger charge is 2.40. The number of aromatic nitrogens is 3. The Morgan fingerprint density at radius 1 is 0.904 bits per heavy atom. The normalized spacial score (nSPS) is 13.9. The summed E-state index contributed by atoms with van der Waals surface area (Å²) in [5.41, 5.74) is 7.76. The molecule has 2 aromatic heterocycles. The van der Waals surface area contributed by atoms with Gasteiger partial charge in [0, 0.05) is 11.8 Å². The van der Waals surface area contributed by atoms with E-state index in [0.717, 1.165) is 22.4 Å². The van der Waals surface area contributed by atoms with Crippen LogP contribution in [0.15, 0.2) is 133 Å². The third-order valence-corrected chi connectivity index (χ3v) is 9.79. The summed E-state index contributed by atoms with van der Waals surface area (Å²) in [6.07, 6.45) is 2.22. The van der Waals surface area contributed by atoms with Crippen molar-refractivity contribution < 1.29 is 17.9 Å². The van der Waals surface area contributed by atoms with Crippen molar-refractivity contribution in [3.05, 3.63) is 177 Å². The summed E-state index contributed by atoms with van der Waals surface area (Å²) in [7, 11) is 0. The monoisotopic (exact) mass is 717 g/mol. The average Bonchev–Trinajstić information content (AvgIpc) is 3.53. The van der Waals surface area contributed by atoms with Crippen LogP contribution in [0.4, 0.5) is 19.0 Å². The average molecular weight is 718 g/mol. The molecule has 8 rings (SSSR count). The number of hydrogen-bond donors (Lipinski definition) is 2. The van der Waals surface area contributed by atoms with Gasteiger partial charge in [0.15, 0.2) is 0 Å². The summed E-state index contributed by atoms with van der Waals surface area (Å²) in [6, 6.07) is 33.5. The first kappa shape index (κ1) is 33.1. The maximum absolute atomic E-state index is 14.4. The molecule has 12 heteroatoms. The minimum Gasteiger partial charge on any atom is -0.463 e. The van der Waals surface area contributed by atoms with E-state index in [0.29, 0.717) is 17.6 Å². The number of nitrogens with zero attached hydrogens (tertiary/aromatic N) is 5. The van der Waals surface area contributed by atoms with Crippen molar-refractivity contribution in [3.8, 4) is 17.0 Å². The number of halogens is 4. The van der Waals surface area contributed by atoms with Crippen molar-refractivity contribution in [2.75, 3.05) is 12.4 Å². The number of alkyl halides is 3. The number of nitrogens with one attached hydrogen (secondary N) is 1. The van der Waals surface area contributed by atoms with Gasteiger partial charge < -0.3 is 25.3 Å². The fourth-order valence-electron chi connectivity index (χ4n) is 7.30. The second-order valence-corrected chi connectivity index (χ2v) is 12.9. The predicted octanol–water partition coefficient (Wildman–Crippen LogP) is 6.96. The number of anilines is 1. The van der Waals surface area contributed by atoms with E-state index >= 15 is 0 Å². The van der Waals surface area contributed by atoms with Gasteiger partial charge in [0.05, 0.1) is 51.6 Å². The maximum Gasteiger partial charge on any atom is 0.418 e. The molecule has 0 spiro atoms. The molecule has 0 saturated carbocycles. The molecule has 0 bridgehead atoms. The molecular weight excluding hydrogens is 687 g/mol. The number of ether oxygens (including phenoxy) is 1. The van der Waals surface area contributed by atoms with Crippen molar-refractivity contribution in [2.45, 2.75) is 25.2 Å². The Bertz CT molecular complexity index is 2350. The number of nitrogens with two attached hydrogens (primary N) is 1. The van der Waals surface area contributed by atoms with Crippen LogP contribution in [0.3, 0.4) is 0 Å². The Labute approximate surface area is 302 Å². The molecule has 6 aromatic rings. The van der Waals surface area contributed by atoms with Gasteiger partial charge in [-0.2, -0.15) is 13.2 Å². The molecule has 8 nitrogen and oxygen atoms in total. The van der Waals surface area contributed by atoms with Gasteiger partial charge >= 0.3 is 6.18 Å². The standard InChI is InChI=1S/C40H31ClF3N7O/c1-25-19-32(45)49-36(34(25)40(42,43)44)30-20-31-33-37(35(30)41)47-23-48-38(33)50(17-18-52-31)22-29-21-46-24-51(29)39(26-11-5-2-6-12-26,27-13-7-3-8-14-27)28-15-9-4-10-16-28/h2-21,24,48H,22-23H2,1H3,(H2,45,49). The van der Waals surface area contributed by atoms with E-state index < -0.39 is 17.3 Å². The summed E-state index contributed by atoms with van der Waals surface area (Å²) in [5, 5.41) is 4.15. The Hall–Kier alpha value is -6.07. The third kappa shape index (κ3) is 5.45. The summed E-state index contributed by atoms with van der Waals surface area (Å²) < 4.78 is 51.4. The van der Waals surface area contributed by atoms with E-state index in [4.69, 9.17) is 22.1 Å². The lowest BCUT2D eigenvalue weighted by Gasteiger charge is -2.39. The fraction of sp³-hybridized carbons (Fsp3) is 0.125. The van der Waals surface area contributed by atoms with Crippen LogP contribution in [0.1, 0.15) is 33.5 Å². The molecule has 0 amide bonds. The minimum absolute atomic E-state index is 0.00694. The van der Waals surface area contributed by atoms with Crippen molar-refractivity contribution in [3.63, 3.8) is 0 Å². The second kappa shape index (κ2) is 12.9. The molecule has 0 radical (unpaired) electrons. The Morgan fingerprint density at radius 2 is 1.52 bits per heavy atom. The zero-order chi connectivity index (χ0) is 36.0. The molecule has 2 aliphatic heterocycles. The number of pyridine rings is 1. The van der Waals surface area contributed by atoms with Crippen molar-refractivity contribution >= 4 is 23.2 Å². The van der Waals surface area contributed by atoms with E-state index in [1.807, 2.05) is 72.0 Å². The topological polar surface area (TPSA) is 93.6 Å². The molecule has 52 heavy (non-hydrogen) atoms. The van der Waals surface area contributed by atoms with Gasteiger partial charge in [-0.15, -0.1) is 0 Å². The lowest BCUT2D eigenvalue weighted by molar-refractivity contribution is -0.137.